The summed E-state index contributed by atoms with van der Waals surface area (Å²) in [5.74, 6) is 0.469. The molecule has 0 saturated heterocycles. The van der Waals surface area contributed by atoms with Gasteiger partial charge in [0.2, 0.25) is 0 Å². The number of aromatic nitrogens is 2. The maximum atomic E-state index is 13.4. The third-order valence-corrected chi connectivity index (χ3v) is 6.44. The Morgan fingerprint density at radius 1 is 1.06 bits per heavy atom. The van der Waals surface area contributed by atoms with Crippen LogP contribution in [0.25, 0.3) is 22.2 Å². The standard InChI is InChI=1S/C26H23ClN2O3/c1-14-11-15(2)18(16(3)12-14)13-32-21-6-4-5-17-22(21)25-24-20(29(28-25)9-10-30)8-7-19(27)23(24)26(17)31/h4-8,11-12,30H,9-10,13H2,1-3H3. The van der Waals surface area contributed by atoms with Crippen LogP contribution in [-0.2, 0) is 13.2 Å². The number of aliphatic hydroxyl groups excluding tert-OH is 1. The molecule has 5 nitrogen and oxygen atoms in total. The number of rotatable bonds is 5. The molecule has 0 unspecified atom stereocenters. The van der Waals surface area contributed by atoms with Crippen LogP contribution in [-0.4, -0.2) is 27.3 Å². The zero-order chi connectivity index (χ0) is 22.6. The molecule has 0 bridgehead atoms. The summed E-state index contributed by atoms with van der Waals surface area (Å²) < 4.78 is 8.02. The van der Waals surface area contributed by atoms with E-state index in [0.717, 1.165) is 11.1 Å². The van der Waals surface area contributed by atoms with Crippen LogP contribution in [0.2, 0.25) is 5.02 Å². The monoisotopic (exact) mass is 446 g/mol. The number of carbonyl (C=O) groups excluding carboxylic acids is 1. The van der Waals surface area contributed by atoms with Gasteiger partial charge in [0.05, 0.1) is 34.8 Å². The van der Waals surface area contributed by atoms with E-state index in [1.807, 2.05) is 18.2 Å². The summed E-state index contributed by atoms with van der Waals surface area (Å²) in [6.07, 6.45) is 0. The molecule has 1 aliphatic rings. The van der Waals surface area contributed by atoms with Crippen molar-refractivity contribution in [1.82, 2.24) is 9.78 Å². The van der Waals surface area contributed by atoms with Crippen LogP contribution in [0.4, 0.5) is 0 Å². The molecule has 162 valence electrons. The Morgan fingerprint density at radius 2 is 1.81 bits per heavy atom. The number of hydrogen-bond donors (Lipinski definition) is 1. The Balaban J connectivity index is 1.67. The number of nitrogens with zero attached hydrogens (tertiary/aromatic N) is 2. The lowest BCUT2D eigenvalue weighted by Crippen LogP contribution is -2.11. The second kappa shape index (κ2) is 7.76. The molecule has 0 amide bonds. The van der Waals surface area contributed by atoms with Gasteiger partial charge in [0.25, 0.3) is 0 Å². The number of fused-ring (bicyclic) bond motifs is 2. The number of aliphatic hydroxyl groups is 1. The molecule has 0 radical (unpaired) electrons. The van der Waals surface area contributed by atoms with Gasteiger partial charge in [-0.2, -0.15) is 5.10 Å². The first-order valence-electron chi connectivity index (χ1n) is 10.6. The number of halogens is 1. The molecule has 0 aliphatic heterocycles. The van der Waals surface area contributed by atoms with Gasteiger partial charge in [-0.05, 0) is 55.7 Å². The first-order valence-corrected chi connectivity index (χ1v) is 11.0. The van der Waals surface area contributed by atoms with Gasteiger partial charge in [0.1, 0.15) is 18.1 Å². The van der Waals surface area contributed by atoms with Crippen LogP contribution < -0.4 is 4.74 Å². The molecule has 1 N–H and O–H groups in total. The van der Waals surface area contributed by atoms with E-state index in [-0.39, 0.29) is 12.4 Å². The molecule has 3 aromatic carbocycles. The second-order valence-electron chi connectivity index (χ2n) is 8.29. The van der Waals surface area contributed by atoms with Crippen molar-refractivity contribution in [2.24, 2.45) is 0 Å². The highest BCUT2D eigenvalue weighted by Gasteiger charge is 2.33. The van der Waals surface area contributed by atoms with Gasteiger partial charge in [-0.3, -0.25) is 9.48 Å². The van der Waals surface area contributed by atoms with Crippen molar-refractivity contribution in [3.8, 4) is 17.0 Å². The van der Waals surface area contributed by atoms with Crippen molar-refractivity contribution in [1.29, 1.82) is 0 Å². The van der Waals surface area contributed by atoms with Gasteiger partial charge >= 0.3 is 0 Å². The van der Waals surface area contributed by atoms with Crippen molar-refractivity contribution in [2.75, 3.05) is 6.61 Å². The number of ketones is 1. The Morgan fingerprint density at radius 3 is 2.53 bits per heavy atom. The van der Waals surface area contributed by atoms with Gasteiger partial charge < -0.3 is 9.84 Å². The minimum atomic E-state index is -0.139. The molecule has 0 saturated carbocycles. The van der Waals surface area contributed by atoms with Crippen LogP contribution in [0.3, 0.4) is 0 Å². The van der Waals surface area contributed by atoms with E-state index in [1.54, 1.807) is 16.8 Å². The average molecular weight is 447 g/mol. The normalized spacial score (nSPS) is 12.3. The van der Waals surface area contributed by atoms with Crippen LogP contribution in [0.5, 0.6) is 5.75 Å². The Bertz CT molecular complexity index is 1380. The molecule has 5 rings (SSSR count). The Labute approximate surface area is 191 Å². The third kappa shape index (κ3) is 3.12. The molecule has 4 aromatic rings. The number of benzene rings is 3. The zero-order valence-corrected chi connectivity index (χ0v) is 19.0. The van der Waals surface area contributed by atoms with E-state index < -0.39 is 0 Å². The number of hydrogen-bond acceptors (Lipinski definition) is 4. The lowest BCUT2D eigenvalue weighted by Gasteiger charge is -2.20. The minimum Gasteiger partial charge on any atom is -0.488 e. The second-order valence-corrected chi connectivity index (χ2v) is 8.69. The molecule has 1 aromatic heterocycles. The highest BCUT2D eigenvalue weighted by atomic mass is 35.5. The van der Waals surface area contributed by atoms with E-state index in [1.165, 1.54) is 16.7 Å². The maximum Gasteiger partial charge on any atom is 0.196 e. The summed E-state index contributed by atoms with van der Waals surface area (Å²) in [4.78, 5) is 13.4. The van der Waals surface area contributed by atoms with E-state index in [0.29, 0.717) is 51.7 Å². The summed E-state index contributed by atoms with van der Waals surface area (Å²) in [6, 6.07) is 13.3. The van der Waals surface area contributed by atoms with Crippen molar-refractivity contribution < 1.29 is 14.6 Å². The van der Waals surface area contributed by atoms with Crippen molar-refractivity contribution in [2.45, 2.75) is 33.9 Å². The SMILES string of the molecule is Cc1cc(C)c(COc2cccc3c2-c2nn(CCO)c4ccc(Cl)c(c24)C3=O)c(C)c1. The van der Waals surface area contributed by atoms with E-state index >= 15 is 0 Å². The largest absolute Gasteiger partial charge is 0.488 e. The summed E-state index contributed by atoms with van der Waals surface area (Å²) in [7, 11) is 0. The molecule has 32 heavy (non-hydrogen) atoms. The molecule has 0 fully saturated rings. The summed E-state index contributed by atoms with van der Waals surface area (Å²) in [6.45, 7) is 6.92. The van der Waals surface area contributed by atoms with E-state index in [4.69, 9.17) is 21.4 Å². The molecule has 0 atom stereocenters. The maximum absolute atomic E-state index is 13.4. The fourth-order valence-corrected chi connectivity index (χ4v) is 4.96. The van der Waals surface area contributed by atoms with Crippen LogP contribution >= 0.6 is 11.6 Å². The highest BCUT2D eigenvalue weighted by molar-refractivity contribution is 6.39. The first kappa shape index (κ1) is 20.7. The van der Waals surface area contributed by atoms with E-state index in [9.17, 15) is 9.90 Å². The fourth-order valence-electron chi connectivity index (χ4n) is 4.71. The summed E-state index contributed by atoms with van der Waals surface area (Å²) >= 11 is 6.45. The van der Waals surface area contributed by atoms with Crippen LogP contribution in [0.15, 0.2) is 42.5 Å². The zero-order valence-electron chi connectivity index (χ0n) is 18.2. The van der Waals surface area contributed by atoms with Gasteiger partial charge in [0, 0.05) is 10.9 Å². The minimum absolute atomic E-state index is 0.0564. The Kier molecular flexibility index (Phi) is 5.03. The number of aryl methyl sites for hydroxylation is 3. The number of ether oxygens (including phenoxy) is 1. The van der Waals surface area contributed by atoms with Gasteiger partial charge in [-0.15, -0.1) is 0 Å². The lowest BCUT2D eigenvalue weighted by atomic mass is 9.87. The third-order valence-electron chi connectivity index (χ3n) is 6.13. The molecular weight excluding hydrogens is 424 g/mol. The number of carbonyl (C=O) groups is 1. The smallest absolute Gasteiger partial charge is 0.196 e. The molecule has 6 heteroatoms. The predicted octanol–water partition coefficient (Wildman–Crippen LogP) is 5.40. The highest BCUT2D eigenvalue weighted by Crippen LogP contribution is 2.45. The first-order chi connectivity index (χ1) is 15.4. The summed E-state index contributed by atoms with van der Waals surface area (Å²) in [5.41, 5.74) is 7.79. The van der Waals surface area contributed by atoms with E-state index in [2.05, 4.69) is 32.9 Å². The van der Waals surface area contributed by atoms with Gasteiger partial charge in [-0.1, -0.05) is 41.4 Å². The fraction of sp³-hybridized carbons (Fsp3) is 0.231. The lowest BCUT2D eigenvalue weighted by molar-refractivity contribution is 0.104. The van der Waals surface area contributed by atoms with Crippen molar-refractivity contribution >= 4 is 28.3 Å². The topological polar surface area (TPSA) is 64.3 Å². The van der Waals surface area contributed by atoms with Crippen LogP contribution in [0, 0.1) is 20.8 Å². The summed E-state index contributed by atoms with van der Waals surface area (Å²) in [5, 5.41) is 15.4. The van der Waals surface area contributed by atoms with Gasteiger partial charge in [-0.25, -0.2) is 0 Å². The molecule has 1 heterocycles. The van der Waals surface area contributed by atoms with Crippen molar-refractivity contribution in [3.63, 3.8) is 0 Å². The van der Waals surface area contributed by atoms with Crippen LogP contribution in [0.1, 0.15) is 38.2 Å². The molecule has 1 aliphatic carbocycles. The molecular formula is C26H23ClN2O3. The average Bonchev–Trinajstić information content (AvgIpc) is 3.10. The Hall–Kier alpha value is -3.15. The van der Waals surface area contributed by atoms with Crippen molar-refractivity contribution in [3.05, 3.63) is 80.9 Å². The molecule has 0 spiro atoms. The predicted molar refractivity (Wildman–Crippen MR) is 126 cm³/mol. The quantitative estimate of drug-likeness (QED) is 0.392. The van der Waals surface area contributed by atoms with Gasteiger partial charge in [0.15, 0.2) is 5.78 Å².